The van der Waals surface area contributed by atoms with Crippen molar-refractivity contribution in [1.29, 1.82) is 0 Å². The minimum absolute atomic E-state index is 0.0564. The van der Waals surface area contributed by atoms with E-state index in [1.807, 2.05) is 0 Å². The minimum atomic E-state index is -5.99. The average Bonchev–Trinajstić information content (AvgIpc) is 2.43. The quantitative estimate of drug-likeness (QED) is 0.303. The molecule has 9 nitrogen and oxygen atoms in total. The van der Waals surface area contributed by atoms with Gasteiger partial charge in [-0.2, -0.15) is 25.3 Å². The van der Waals surface area contributed by atoms with Gasteiger partial charge in [0.2, 0.25) is 0 Å². The topological polar surface area (TPSA) is 146 Å². The van der Waals surface area contributed by atoms with Crippen molar-refractivity contribution in [2.24, 2.45) is 11.8 Å². The molecule has 3 atom stereocenters. The van der Waals surface area contributed by atoms with Gasteiger partial charge >= 0.3 is 36.6 Å². The Morgan fingerprint density at radius 2 is 1.59 bits per heavy atom. The summed E-state index contributed by atoms with van der Waals surface area (Å²) in [5.41, 5.74) is 0. The van der Waals surface area contributed by atoms with Crippen LogP contribution in [0.15, 0.2) is 22.0 Å². The van der Waals surface area contributed by atoms with Crippen molar-refractivity contribution < 1.29 is 51.2 Å². The molecule has 1 aliphatic rings. The van der Waals surface area contributed by atoms with Crippen LogP contribution < -0.4 is 0 Å². The van der Waals surface area contributed by atoms with Crippen LogP contribution in [0, 0.1) is 11.8 Å². The van der Waals surface area contributed by atoms with Crippen LogP contribution in [-0.4, -0.2) is 48.9 Å². The number of hydrogen-bond acceptors (Lipinski definition) is 9. The lowest BCUT2D eigenvalue weighted by molar-refractivity contribution is -0.152. The molecule has 3 unspecified atom stereocenters. The summed E-state index contributed by atoms with van der Waals surface area (Å²) in [6, 6.07) is 0. The second-order valence-corrected chi connectivity index (χ2v) is 9.49. The first-order chi connectivity index (χ1) is 12.0. The van der Waals surface area contributed by atoms with E-state index in [9.17, 15) is 46.5 Å². The van der Waals surface area contributed by atoms with E-state index < -0.39 is 69.3 Å². The van der Waals surface area contributed by atoms with Crippen molar-refractivity contribution in [2.45, 2.75) is 19.1 Å². The zero-order valence-corrected chi connectivity index (χ0v) is 16.1. The number of allylic oxidation sites excluding steroid dienone is 2. The zero-order chi connectivity index (χ0) is 21.4. The van der Waals surface area contributed by atoms with E-state index in [-0.39, 0.29) is 18.8 Å². The van der Waals surface area contributed by atoms with E-state index in [4.69, 9.17) is 0 Å². The summed E-state index contributed by atoms with van der Waals surface area (Å²) < 4.78 is 113. The van der Waals surface area contributed by atoms with Crippen LogP contribution in [0.3, 0.4) is 0 Å². The van der Waals surface area contributed by atoms with Gasteiger partial charge in [0.1, 0.15) is 17.0 Å². The van der Waals surface area contributed by atoms with Gasteiger partial charge in [-0.3, -0.25) is 9.59 Å². The number of carbonyl (C=O) groups excluding carboxylic acids is 2. The Kier molecular flexibility index (Phi) is 6.65. The van der Waals surface area contributed by atoms with Crippen molar-refractivity contribution in [1.82, 2.24) is 0 Å². The Morgan fingerprint density at radius 1 is 1.07 bits per heavy atom. The molecule has 15 heteroatoms. The highest BCUT2D eigenvalue weighted by atomic mass is 32.3. The number of ether oxygens (including phenoxy) is 1. The number of rotatable bonds is 7. The van der Waals surface area contributed by atoms with Crippen LogP contribution in [0.2, 0.25) is 0 Å². The molecule has 0 N–H and O–H groups in total. The van der Waals surface area contributed by atoms with Gasteiger partial charge < -0.3 is 4.74 Å². The molecule has 0 aliphatic heterocycles. The smallest absolute Gasteiger partial charge is 0.331 e. The number of Topliss-reactive ketones (excluding diaryl/α,β-unsaturated/α-hetero) is 1. The Balaban J connectivity index is 3.90. The Hall–Kier alpha value is -1.74. The van der Waals surface area contributed by atoms with Crippen molar-refractivity contribution in [2.75, 3.05) is 6.61 Å². The lowest BCUT2D eigenvalue weighted by Gasteiger charge is -2.30. The van der Waals surface area contributed by atoms with Gasteiger partial charge in [-0.1, -0.05) is 0 Å². The number of halogens is 3. The fourth-order valence-electron chi connectivity index (χ4n) is 2.50. The summed E-state index contributed by atoms with van der Waals surface area (Å²) in [6.45, 7) is 1.61. The van der Waals surface area contributed by atoms with Crippen LogP contribution >= 0.6 is 0 Å². The standard InChI is InChI=1S/C12H13F3O9S3/c1-3-24-12(17)10(6(2)16)11-8(26(14,20)21)4-7(25(13,18)19)5-9(11)27(15,22)23/h4-5,8,10-11H,3H2,1-2H3. The maximum Gasteiger partial charge on any atom is 0.331 e. The molecule has 1 aliphatic carbocycles. The molecule has 0 heterocycles. The lowest BCUT2D eigenvalue weighted by Crippen LogP contribution is -2.43. The Bertz CT molecular complexity index is 1020. The van der Waals surface area contributed by atoms with Crippen molar-refractivity contribution in [3.05, 3.63) is 22.0 Å². The second kappa shape index (κ2) is 7.71. The van der Waals surface area contributed by atoms with Gasteiger partial charge in [0, 0.05) is 5.92 Å². The van der Waals surface area contributed by atoms with Gasteiger partial charge in [-0.15, -0.1) is 11.7 Å². The molecule has 0 saturated carbocycles. The highest BCUT2D eigenvalue weighted by molar-refractivity contribution is 7.92. The largest absolute Gasteiger partial charge is 0.465 e. The summed E-state index contributed by atoms with van der Waals surface area (Å²) in [7, 11) is -17.7. The summed E-state index contributed by atoms with van der Waals surface area (Å²) in [6.07, 6.45) is -0.175. The van der Waals surface area contributed by atoms with Gasteiger partial charge in [0.25, 0.3) is 0 Å². The van der Waals surface area contributed by atoms with Crippen molar-refractivity contribution in [3.8, 4) is 0 Å². The normalized spacial score (nSPS) is 22.4. The number of hydrogen-bond donors (Lipinski definition) is 0. The van der Waals surface area contributed by atoms with E-state index in [2.05, 4.69) is 4.74 Å². The fraction of sp³-hybridized carbons (Fsp3) is 0.500. The van der Waals surface area contributed by atoms with E-state index >= 15 is 0 Å². The number of carbonyl (C=O) groups is 2. The molecular formula is C12H13F3O9S3. The predicted octanol–water partition coefficient (Wildman–Crippen LogP) is 0.419. The van der Waals surface area contributed by atoms with Gasteiger partial charge in [-0.25, -0.2) is 0 Å². The first kappa shape index (κ1) is 23.3. The van der Waals surface area contributed by atoms with Gasteiger partial charge in [-0.05, 0) is 26.0 Å². The molecule has 0 aromatic carbocycles. The van der Waals surface area contributed by atoms with Gasteiger partial charge in [0.05, 0.1) is 16.4 Å². The van der Waals surface area contributed by atoms with E-state index in [1.54, 1.807) is 0 Å². The monoisotopic (exact) mass is 454 g/mol. The Labute approximate surface area is 153 Å². The van der Waals surface area contributed by atoms with E-state index in [1.165, 1.54) is 6.92 Å². The molecule has 0 aromatic heterocycles. The van der Waals surface area contributed by atoms with Crippen LogP contribution in [0.25, 0.3) is 0 Å². The highest BCUT2D eigenvalue weighted by Crippen LogP contribution is 2.40. The number of ketones is 1. The zero-order valence-electron chi connectivity index (χ0n) is 13.6. The molecule has 0 aromatic rings. The van der Waals surface area contributed by atoms with Crippen LogP contribution in [0.1, 0.15) is 13.8 Å². The third-order valence-electron chi connectivity index (χ3n) is 3.52. The Morgan fingerprint density at radius 3 is 1.93 bits per heavy atom. The summed E-state index contributed by atoms with van der Waals surface area (Å²) in [5.74, 6) is -7.59. The van der Waals surface area contributed by atoms with E-state index in [0.29, 0.717) is 6.92 Å². The van der Waals surface area contributed by atoms with Crippen molar-refractivity contribution >= 4 is 42.4 Å². The molecule has 1 rings (SSSR count). The maximum atomic E-state index is 13.7. The molecule has 0 bridgehead atoms. The molecule has 0 saturated heterocycles. The maximum absolute atomic E-state index is 13.7. The predicted molar refractivity (Wildman–Crippen MR) is 84.3 cm³/mol. The molecule has 0 radical (unpaired) electrons. The third-order valence-corrected chi connectivity index (χ3v) is 6.37. The fourth-order valence-corrected chi connectivity index (χ4v) is 5.17. The molecule has 0 spiro atoms. The third kappa shape index (κ3) is 5.38. The average molecular weight is 454 g/mol. The molecular weight excluding hydrogens is 441 g/mol. The minimum Gasteiger partial charge on any atom is -0.465 e. The van der Waals surface area contributed by atoms with E-state index in [0.717, 1.165) is 0 Å². The van der Waals surface area contributed by atoms with Crippen LogP contribution in [-0.2, 0) is 45.0 Å². The molecule has 27 heavy (non-hydrogen) atoms. The summed E-state index contributed by atoms with van der Waals surface area (Å²) >= 11 is 0. The highest BCUT2D eigenvalue weighted by Gasteiger charge is 2.51. The summed E-state index contributed by atoms with van der Waals surface area (Å²) in [4.78, 5) is 20.4. The van der Waals surface area contributed by atoms with Crippen molar-refractivity contribution in [3.63, 3.8) is 0 Å². The lowest BCUT2D eigenvalue weighted by atomic mass is 9.83. The first-order valence-electron chi connectivity index (χ1n) is 6.95. The molecule has 154 valence electrons. The van der Waals surface area contributed by atoms with Crippen LogP contribution in [0.5, 0.6) is 0 Å². The molecule has 0 fully saturated rings. The molecule has 0 amide bonds. The SMILES string of the molecule is CCOC(=O)C(C(C)=O)C1C(S(=O)(=O)F)=CC(S(=O)(=O)F)=CC1S(=O)(=O)F. The van der Waals surface area contributed by atoms with Crippen LogP contribution in [0.4, 0.5) is 11.7 Å². The second-order valence-electron chi connectivity index (χ2n) is 5.30. The first-order valence-corrected chi connectivity index (χ1v) is 11.2. The number of esters is 1. The summed E-state index contributed by atoms with van der Waals surface area (Å²) in [5, 5.41) is -2.86. The van der Waals surface area contributed by atoms with Gasteiger partial charge in [0.15, 0.2) is 0 Å².